The monoisotopic (exact) mass is 322 g/mol. The van der Waals surface area contributed by atoms with Crippen LogP contribution in [0.4, 0.5) is 0 Å². The maximum atomic E-state index is 11.3. The van der Waals surface area contributed by atoms with Crippen molar-refractivity contribution in [1.29, 1.82) is 0 Å². The van der Waals surface area contributed by atoms with Gasteiger partial charge in [0.05, 0.1) is 12.7 Å². The van der Waals surface area contributed by atoms with Crippen LogP contribution in [0, 0.1) is 0 Å². The fourth-order valence-corrected chi connectivity index (χ4v) is 3.14. The topological polar surface area (TPSA) is 65.0 Å². The third-order valence-corrected chi connectivity index (χ3v) is 4.72. The molecule has 0 aromatic heterocycles. The molecule has 5 atom stereocenters. The third-order valence-electron chi connectivity index (χ3n) is 4.72. The molecule has 1 saturated heterocycles. The Labute approximate surface area is 137 Å². The summed E-state index contributed by atoms with van der Waals surface area (Å²) < 4.78 is 17.4. The summed E-state index contributed by atoms with van der Waals surface area (Å²) in [7, 11) is 0. The maximum absolute atomic E-state index is 11.3. The van der Waals surface area contributed by atoms with Crippen LogP contribution in [0.1, 0.15) is 40.2 Å². The Morgan fingerprint density at radius 1 is 1.26 bits per heavy atom. The summed E-state index contributed by atoms with van der Waals surface area (Å²) in [6.45, 7) is 8.89. The van der Waals surface area contributed by atoms with Gasteiger partial charge in [-0.1, -0.05) is 30.3 Å². The molecule has 1 aliphatic heterocycles. The van der Waals surface area contributed by atoms with Crippen molar-refractivity contribution in [2.75, 3.05) is 0 Å². The van der Waals surface area contributed by atoms with Crippen LogP contribution in [0.25, 0.3) is 0 Å². The Bertz CT molecular complexity index is 544. The van der Waals surface area contributed by atoms with Gasteiger partial charge in [0.25, 0.3) is 0 Å². The van der Waals surface area contributed by atoms with E-state index < -0.39 is 29.5 Å². The number of hydrogen-bond acceptors (Lipinski definition) is 5. The predicted octanol–water partition coefficient (Wildman–Crippen LogP) is 2.45. The summed E-state index contributed by atoms with van der Waals surface area (Å²) in [6, 6.07) is 9.80. The van der Waals surface area contributed by atoms with Crippen molar-refractivity contribution in [3.63, 3.8) is 0 Å². The zero-order valence-corrected chi connectivity index (χ0v) is 14.4. The van der Waals surface area contributed by atoms with Crippen LogP contribution in [-0.2, 0) is 25.6 Å². The lowest BCUT2D eigenvalue weighted by Crippen LogP contribution is -2.78. The quantitative estimate of drug-likeness (QED) is 0.815. The average Bonchev–Trinajstić information content (AvgIpc) is 2.46. The molecule has 1 aromatic carbocycles. The fourth-order valence-electron chi connectivity index (χ4n) is 3.14. The highest BCUT2D eigenvalue weighted by molar-refractivity contribution is 5.66. The maximum Gasteiger partial charge on any atom is 0.302 e. The van der Waals surface area contributed by atoms with Crippen LogP contribution in [-0.4, -0.2) is 40.6 Å². The zero-order chi connectivity index (χ0) is 17.3. The van der Waals surface area contributed by atoms with E-state index >= 15 is 0 Å². The van der Waals surface area contributed by atoms with Crippen LogP contribution in [0.2, 0.25) is 0 Å². The minimum absolute atomic E-state index is 0.366. The van der Waals surface area contributed by atoms with Gasteiger partial charge < -0.3 is 19.3 Å². The van der Waals surface area contributed by atoms with Gasteiger partial charge in [-0.25, -0.2) is 0 Å². The number of benzene rings is 1. The van der Waals surface area contributed by atoms with Crippen LogP contribution in [0.15, 0.2) is 30.3 Å². The molecule has 1 aromatic rings. The molecule has 0 bridgehead atoms. The molecule has 128 valence electrons. The van der Waals surface area contributed by atoms with E-state index in [2.05, 4.69) is 0 Å². The molecular weight excluding hydrogens is 296 g/mol. The first-order valence-electron chi connectivity index (χ1n) is 7.91. The van der Waals surface area contributed by atoms with Gasteiger partial charge in [0, 0.05) is 6.92 Å². The molecule has 1 heterocycles. The van der Waals surface area contributed by atoms with Crippen LogP contribution >= 0.6 is 0 Å². The molecule has 1 N–H and O–H groups in total. The molecule has 1 aliphatic rings. The van der Waals surface area contributed by atoms with Crippen LogP contribution in [0.3, 0.4) is 0 Å². The number of aliphatic hydroxyl groups is 1. The fraction of sp³-hybridized carbons (Fsp3) is 0.611. The molecule has 1 fully saturated rings. The van der Waals surface area contributed by atoms with Gasteiger partial charge in [-0.3, -0.25) is 4.79 Å². The molecule has 0 aliphatic carbocycles. The highest BCUT2D eigenvalue weighted by Crippen LogP contribution is 2.48. The Morgan fingerprint density at radius 2 is 1.87 bits per heavy atom. The first kappa shape index (κ1) is 17.9. The summed E-state index contributed by atoms with van der Waals surface area (Å²) in [6.07, 6.45) is -1.59. The molecular formula is C18H26O5. The number of esters is 1. The Morgan fingerprint density at radius 3 is 2.39 bits per heavy atom. The van der Waals surface area contributed by atoms with Gasteiger partial charge in [-0.15, -0.1) is 0 Å². The standard InChI is InChI=1S/C18H26O5/c1-12(19)17(4)16(21-11-15-9-7-6-8-10-15)18(5,23-17)13(2)22-14(3)20/h6-10,12-13,16,19H,11H2,1-5H3/t12-,13+,16+,17-,18-/m0/s1. The van der Waals surface area contributed by atoms with E-state index in [1.165, 1.54) is 6.92 Å². The Balaban J connectivity index is 2.15. The number of aliphatic hydroxyl groups excluding tert-OH is 1. The van der Waals surface area contributed by atoms with Crippen LogP contribution in [0.5, 0.6) is 0 Å². The SMILES string of the molecule is CC(=O)O[C@H](C)[C@]1(C)O[C@@](C)([C@H](C)O)[C@H]1OCc1ccccc1. The minimum atomic E-state index is -0.835. The summed E-state index contributed by atoms with van der Waals surface area (Å²) in [4.78, 5) is 11.3. The van der Waals surface area contributed by atoms with Gasteiger partial charge >= 0.3 is 5.97 Å². The van der Waals surface area contributed by atoms with Crippen LogP contribution < -0.4 is 0 Å². The van der Waals surface area contributed by atoms with E-state index in [1.807, 2.05) is 44.2 Å². The lowest BCUT2D eigenvalue weighted by Gasteiger charge is -2.61. The number of carbonyl (C=O) groups is 1. The predicted molar refractivity (Wildman–Crippen MR) is 85.8 cm³/mol. The van der Waals surface area contributed by atoms with Crippen molar-refractivity contribution in [3.8, 4) is 0 Å². The highest BCUT2D eigenvalue weighted by Gasteiger charge is 2.66. The van der Waals surface area contributed by atoms with Crippen molar-refractivity contribution < 1.29 is 24.1 Å². The molecule has 0 saturated carbocycles. The summed E-state index contributed by atoms with van der Waals surface area (Å²) in [5.74, 6) is -0.366. The summed E-state index contributed by atoms with van der Waals surface area (Å²) in [5, 5.41) is 10.1. The van der Waals surface area contributed by atoms with Crippen molar-refractivity contribution in [2.24, 2.45) is 0 Å². The van der Waals surface area contributed by atoms with E-state index in [0.29, 0.717) is 6.61 Å². The zero-order valence-electron chi connectivity index (χ0n) is 14.4. The Kier molecular flexibility index (Phi) is 5.14. The first-order valence-corrected chi connectivity index (χ1v) is 7.91. The normalized spacial score (nSPS) is 32.7. The molecule has 5 nitrogen and oxygen atoms in total. The average molecular weight is 322 g/mol. The summed E-state index contributed by atoms with van der Waals surface area (Å²) >= 11 is 0. The lowest BCUT2D eigenvalue weighted by atomic mass is 9.72. The van der Waals surface area contributed by atoms with Gasteiger partial charge in [0.1, 0.15) is 23.4 Å². The number of ether oxygens (including phenoxy) is 3. The molecule has 0 radical (unpaired) electrons. The smallest absolute Gasteiger partial charge is 0.302 e. The molecule has 0 amide bonds. The van der Waals surface area contributed by atoms with Crippen molar-refractivity contribution in [3.05, 3.63) is 35.9 Å². The van der Waals surface area contributed by atoms with Gasteiger partial charge in [-0.05, 0) is 33.3 Å². The number of rotatable bonds is 6. The second-order valence-corrected chi connectivity index (χ2v) is 6.57. The molecule has 2 rings (SSSR count). The second-order valence-electron chi connectivity index (χ2n) is 6.57. The minimum Gasteiger partial charge on any atom is -0.460 e. The van der Waals surface area contributed by atoms with Crippen molar-refractivity contribution in [1.82, 2.24) is 0 Å². The second kappa shape index (κ2) is 6.59. The molecule has 23 heavy (non-hydrogen) atoms. The van der Waals surface area contributed by atoms with Crippen molar-refractivity contribution in [2.45, 2.75) is 70.7 Å². The molecule has 0 unspecified atom stereocenters. The Hall–Kier alpha value is -1.43. The van der Waals surface area contributed by atoms with Crippen molar-refractivity contribution >= 4 is 5.97 Å². The van der Waals surface area contributed by atoms with Gasteiger partial charge in [0.15, 0.2) is 0 Å². The lowest BCUT2D eigenvalue weighted by molar-refractivity contribution is -0.389. The van der Waals surface area contributed by atoms with E-state index in [-0.39, 0.29) is 5.97 Å². The molecule has 0 spiro atoms. The van der Waals surface area contributed by atoms with E-state index in [0.717, 1.165) is 5.56 Å². The van der Waals surface area contributed by atoms with E-state index in [1.54, 1.807) is 13.8 Å². The number of carbonyl (C=O) groups excluding carboxylic acids is 1. The van der Waals surface area contributed by atoms with Gasteiger partial charge in [-0.2, -0.15) is 0 Å². The highest BCUT2D eigenvalue weighted by atomic mass is 16.7. The first-order chi connectivity index (χ1) is 10.7. The summed E-state index contributed by atoms with van der Waals surface area (Å²) in [5.41, 5.74) is -0.598. The molecule has 5 heteroatoms. The van der Waals surface area contributed by atoms with Gasteiger partial charge in [0.2, 0.25) is 0 Å². The number of hydrogen-bond donors (Lipinski definition) is 1. The largest absolute Gasteiger partial charge is 0.460 e. The third kappa shape index (κ3) is 3.42. The van der Waals surface area contributed by atoms with E-state index in [4.69, 9.17) is 14.2 Å². The van der Waals surface area contributed by atoms with E-state index in [9.17, 15) is 9.90 Å².